The summed E-state index contributed by atoms with van der Waals surface area (Å²) in [5.74, 6) is 0.561. The summed E-state index contributed by atoms with van der Waals surface area (Å²) < 4.78 is 5.00. The molecule has 14 heavy (non-hydrogen) atoms. The van der Waals surface area contributed by atoms with Crippen molar-refractivity contribution in [3.05, 3.63) is 24.2 Å². The molecule has 0 aliphatic heterocycles. The number of hydrogen-bond acceptors (Lipinski definition) is 3. The number of furan rings is 1. The predicted octanol–water partition coefficient (Wildman–Crippen LogP) is 2.46. The maximum atomic E-state index is 11.3. The molecule has 0 saturated heterocycles. The molecule has 0 unspecified atom stereocenters. The fraction of sp³-hybridized carbons (Fsp3) is 0.545. The maximum absolute atomic E-state index is 11.3. The molecule has 0 aliphatic rings. The Hall–Kier alpha value is -1.09. The van der Waals surface area contributed by atoms with Crippen molar-refractivity contribution in [1.82, 2.24) is 0 Å². The lowest BCUT2D eigenvalue weighted by Crippen LogP contribution is -2.05. The zero-order valence-corrected chi connectivity index (χ0v) is 8.40. The summed E-state index contributed by atoms with van der Waals surface area (Å²) >= 11 is 0. The first-order chi connectivity index (χ1) is 6.74. The minimum absolute atomic E-state index is 0.0933. The zero-order valence-electron chi connectivity index (χ0n) is 8.40. The summed E-state index contributed by atoms with van der Waals surface area (Å²) in [6.45, 7) is 2.04. The van der Waals surface area contributed by atoms with Crippen LogP contribution in [0.5, 0.6) is 0 Å². The number of ketones is 1. The molecule has 0 amide bonds. The van der Waals surface area contributed by atoms with Crippen LogP contribution in [-0.4, -0.2) is 10.9 Å². The van der Waals surface area contributed by atoms with Gasteiger partial charge in [-0.1, -0.05) is 13.3 Å². The fourth-order valence-corrected chi connectivity index (χ4v) is 1.27. The van der Waals surface area contributed by atoms with Crippen molar-refractivity contribution < 1.29 is 14.3 Å². The van der Waals surface area contributed by atoms with E-state index in [9.17, 15) is 9.90 Å². The Morgan fingerprint density at radius 1 is 1.64 bits per heavy atom. The summed E-state index contributed by atoms with van der Waals surface area (Å²) in [6, 6.07) is 3.38. The molecule has 78 valence electrons. The summed E-state index contributed by atoms with van der Waals surface area (Å²) in [6.07, 6.45) is 3.32. The van der Waals surface area contributed by atoms with Gasteiger partial charge >= 0.3 is 0 Å². The van der Waals surface area contributed by atoms with E-state index in [0.717, 1.165) is 12.8 Å². The highest BCUT2D eigenvalue weighted by atomic mass is 16.4. The molecule has 0 aliphatic carbocycles. The summed E-state index contributed by atoms with van der Waals surface area (Å²) in [5, 5.41) is 9.56. The van der Waals surface area contributed by atoms with E-state index in [1.165, 1.54) is 6.26 Å². The molecular weight excluding hydrogens is 180 g/mol. The third-order valence-electron chi connectivity index (χ3n) is 2.10. The van der Waals surface area contributed by atoms with Crippen LogP contribution in [0, 0.1) is 0 Å². The van der Waals surface area contributed by atoms with E-state index in [0.29, 0.717) is 12.2 Å². The van der Waals surface area contributed by atoms with Crippen LogP contribution < -0.4 is 0 Å². The second kappa shape index (κ2) is 5.60. The number of unbranched alkanes of at least 4 members (excludes halogenated alkanes) is 1. The van der Waals surface area contributed by atoms with Gasteiger partial charge in [0, 0.05) is 12.8 Å². The predicted molar refractivity (Wildman–Crippen MR) is 52.8 cm³/mol. The van der Waals surface area contributed by atoms with E-state index < -0.39 is 6.10 Å². The van der Waals surface area contributed by atoms with Crippen molar-refractivity contribution in [1.29, 1.82) is 0 Å². The van der Waals surface area contributed by atoms with Crippen molar-refractivity contribution >= 4 is 5.78 Å². The number of Topliss-reactive ketones (excluding diaryl/α,β-unsaturated/α-hetero) is 1. The van der Waals surface area contributed by atoms with Crippen LogP contribution >= 0.6 is 0 Å². The Morgan fingerprint density at radius 3 is 3.00 bits per heavy atom. The van der Waals surface area contributed by atoms with Crippen LogP contribution in [0.15, 0.2) is 22.8 Å². The molecule has 1 aromatic rings. The smallest absolute Gasteiger partial charge is 0.135 e. The van der Waals surface area contributed by atoms with E-state index in [4.69, 9.17) is 4.42 Å². The van der Waals surface area contributed by atoms with Crippen molar-refractivity contribution in [2.24, 2.45) is 0 Å². The van der Waals surface area contributed by atoms with Crippen LogP contribution in [0.1, 0.15) is 44.5 Å². The monoisotopic (exact) mass is 196 g/mol. The van der Waals surface area contributed by atoms with Crippen LogP contribution in [0.25, 0.3) is 0 Å². The molecule has 0 bridgehead atoms. The van der Waals surface area contributed by atoms with Crippen molar-refractivity contribution in [2.75, 3.05) is 0 Å². The van der Waals surface area contributed by atoms with Crippen LogP contribution in [0.2, 0.25) is 0 Å². The second-order valence-corrected chi connectivity index (χ2v) is 3.38. The van der Waals surface area contributed by atoms with Gasteiger partial charge in [-0.3, -0.25) is 4.79 Å². The molecule has 3 nitrogen and oxygen atoms in total. The van der Waals surface area contributed by atoms with Gasteiger partial charge in [0.25, 0.3) is 0 Å². The Morgan fingerprint density at radius 2 is 2.43 bits per heavy atom. The zero-order chi connectivity index (χ0) is 10.4. The summed E-state index contributed by atoms with van der Waals surface area (Å²) in [5.41, 5.74) is 0. The highest BCUT2D eigenvalue weighted by Gasteiger charge is 2.14. The molecule has 0 spiro atoms. The Balaban J connectivity index is 2.33. The quantitative estimate of drug-likeness (QED) is 0.760. The highest BCUT2D eigenvalue weighted by molar-refractivity contribution is 5.78. The number of carbonyl (C=O) groups excluding carboxylic acids is 1. The molecule has 0 radical (unpaired) electrons. The topological polar surface area (TPSA) is 50.4 Å². The van der Waals surface area contributed by atoms with Gasteiger partial charge < -0.3 is 9.52 Å². The Labute approximate surface area is 83.7 Å². The molecular formula is C11H16O3. The van der Waals surface area contributed by atoms with E-state index >= 15 is 0 Å². The van der Waals surface area contributed by atoms with Gasteiger partial charge in [-0.25, -0.2) is 0 Å². The average Bonchev–Trinajstić information content (AvgIpc) is 2.67. The number of carbonyl (C=O) groups is 1. The lowest BCUT2D eigenvalue weighted by Gasteiger charge is -2.05. The van der Waals surface area contributed by atoms with Gasteiger partial charge in [-0.2, -0.15) is 0 Å². The molecule has 0 fully saturated rings. The van der Waals surface area contributed by atoms with E-state index in [-0.39, 0.29) is 12.2 Å². The molecule has 1 N–H and O–H groups in total. The maximum Gasteiger partial charge on any atom is 0.135 e. The highest BCUT2D eigenvalue weighted by Crippen LogP contribution is 2.18. The SMILES string of the molecule is CCCCC(=O)C[C@@H](O)c1ccco1. The Bertz CT molecular complexity index is 264. The standard InChI is InChI=1S/C11H16O3/c1-2-3-5-9(12)8-10(13)11-6-4-7-14-11/h4,6-7,10,13H,2-3,5,8H2,1H3/t10-/m1/s1. The molecule has 1 aromatic heterocycles. The normalized spacial score (nSPS) is 12.7. The second-order valence-electron chi connectivity index (χ2n) is 3.38. The lowest BCUT2D eigenvalue weighted by molar-refractivity contribution is -0.121. The number of aliphatic hydroxyl groups is 1. The lowest BCUT2D eigenvalue weighted by atomic mass is 10.1. The van der Waals surface area contributed by atoms with Crippen LogP contribution in [0.4, 0.5) is 0 Å². The van der Waals surface area contributed by atoms with Crippen molar-refractivity contribution in [2.45, 2.75) is 38.7 Å². The first-order valence-electron chi connectivity index (χ1n) is 4.97. The van der Waals surface area contributed by atoms with Crippen LogP contribution in [0.3, 0.4) is 0 Å². The van der Waals surface area contributed by atoms with E-state index in [2.05, 4.69) is 0 Å². The van der Waals surface area contributed by atoms with E-state index in [1.54, 1.807) is 12.1 Å². The molecule has 1 atom stereocenters. The number of hydrogen-bond donors (Lipinski definition) is 1. The summed E-state index contributed by atoms with van der Waals surface area (Å²) in [4.78, 5) is 11.3. The molecule has 0 saturated carbocycles. The molecule has 1 rings (SSSR count). The van der Waals surface area contributed by atoms with E-state index in [1.807, 2.05) is 6.92 Å². The first kappa shape index (κ1) is 11.0. The van der Waals surface area contributed by atoms with Crippen LogP contribution in [-0.2, 0) is 4.79 Å². The minimum Gasteiger partial charge on any atom is -0.467 e. The number of rotatable bonds is 6. The molecule has 3 heteroatoms. The Kier molecular flexibility index (Phi) is 4.40. The van der Waals surface area contributed by atoms with Gasteiger partial charge in [0.1, 0.15) is 17.6 Å². The first-order valence-corrected chi connectivity index (χ1v) is 4.97. The number of aliphatic hydroxyl groups excluding tert-OH is 1. The third-order valence-corrected chi connectivity index (χ3v) is 2.10. The summed E-state index contributed by atoms with van der Waals surface area (Å²) in [7, 11) is 0. The van der Waals surface area contributed by atoms with Gasteiger partial charge in [-0.15, -0.1) is 0 Å². The average molecular weight is 196 g/mol. The van der Waals surface area contributed by atoms with Gasteiger partial charge in [0.15, 0.2) is 0 Å². The van der Waals surface area contributed by atoms with Gasteiger partial charge in [-0.05, 0) is 18.6 Å². The minimum atomic E-state index is -0.783. The fourth-order valence-electron chi connectivity index (χ4n) is 1.27. The molecule has 1 heterocycles. The third kappa shape index (κ3) is 3.34. The van der Waals surface area contributed by atoms with Crippen molar-refractivity contribution in [3.63, 3.8) is 0 Å². The van der Waals surface area contributed by atoms with Gasteiger partial charge in [0.2, 0.25) is 0 Å². The molecule has 0 aromatic carbocycles. The van der Waals surface area contributed by atoms with Crippen molar-refractivity contribution in [3.8, 4) is 0 Å². The largest absolute Gasteiger partial charge is 0.467 e. The van der Waals surface area contributed by atoms with Gasteiger partial charge in [0.05, 0.1) is 6.26 Å².